The minimum absolute atomic E-state index is 0.171. The van der Waals surface area contributed by atoms with Gasteiger partial charge < -0.3 is 15.0 Å². The molecule has 2 aromatic rings. The van der Waals surface area contributed by atoms with Crippen LogP contribution in [0.2, 0.25) is 0 Å². The van der Waals surface area contributed by atoms with Gasteiger partial charge in [0, 0.05) is 23.6 Å². The van der Waals surface area contributed by atoms with Gasteiger partial charge in [0.05, 0.1) is 6.42 Å². The van der Waals surface area contributed by atoms with E-state index in [1.807, 2.05) is 37.4 Å². The van der Waals surface area contributed by atoms with Gasteiger partial charge >= 0.3 is 5.97 Å². The van der Waals surface area contributed by atoms with E-state index < -0.39 is 11.5 Å². The molecule has 0 atom stereocenters. The molecule has 2 rings (SSSR count). The van der Waals surface area contributed by atoms with Gasteiger partial charge in [-0.1, -0.05) is 18.2 Å². The summed E-state index contributed by atoms with van der Waals surface area (Å²) in [7, 11) is 0. The number of benzene rings is 1. The molecular formula is C16H20N2O3. The Labute approximate surface area is 123 Å². The predicted octanol–water partition coefficient (Wildman–Crippen LogP) is 2.18. The Morgan fingerprint density at radius 2 is 1.95 bits per heavy atom. The van der Waals surface area contributed by atoms with Crippen molar-refractivity contribution in [3.63, 3.8) is 0 Å². The van der Waals surface area contributed by atoms with Crippen LogP contribution in [0.3, 0.4) is 0 Å². The number of nitrogens with one attached hydrogen (secondary N) is 1. The minimum atomic E-state index is -1.26. The molecule has 0 saturated heterocycles. The van der Waals surface area contributed by atoms with Crippen molar-refractivity contribution in [2.75, 3.05) is 0 Å². The fraction of sp³-hybridized carbons (Fsp3) is 0.375. The zero-order valence-corrected chi connectivity index (χ0v) is 12.5. The number of amides is 1. The molecule has 1 aromatic carbocycles. The highest BCUT2D eigenvalue weighted by Gasteiger charge is 2.29. The Balaban J connectivity index is 2.24. The second-order valence-electron chi connectivity index (χ2n) is 5.61. The van der Waals surface area contributed by atoms with Crippen molar-refractivity contribution in [1.29, 1.82) is 0 Å². The fourth-order valence-electron chi connectivity index (χ4n) is 2.34. The normalized spacial score (nSPS) is 11.6. The van der Waals surface area contributed by atoms with E-state index in [0.29, 0.717) is 0 Å². The highest BCUT2D eigenvalue weighted by atomic mass is 16.4. The van der Waals surface area contributed by atoms with Gasteiger partial charge in [0.1, 0.15) is 5.54 Å². The van der Waals surface area contributed by atoms with E-state index in [9.17, 15) is 9.59 Å². The molecule has 112 valence electrons. The van der Waals surface area contributed by atoms with Gasteiger partial charge in [-0.2, -0.15) is 0 Å². The van der Waals surface area contributed by atoms with E-state index in [1.54, 1.807) is 0 Å². The molecule has 1 aromatic heterocycles. The SMILES string of the molecule is CCn1cc(CC(=O)NC(C)(C)C(=O)O)c2ccccc21. The second-order valence-corrected chi connectivity index (χ2v) is 5.61. The summed E-state index contributed by atoms with van der Waals surface area (Å²) >= 11 is 0. The van der Waals surface area contributed by atoms with Crippen LogP contribution >= 0.6 is 0 Å². The third-order valence-electron chi connectivity index (χ3n) is 3.55. The summed E-state index contributed by atoms with van der Waals surface area (Å²) in [5.41, 5.74) is 0.728. The number of carbonyl (C=O) groups excluding carboxylic acids is 1. The molecule has 5 heteroatoms. The molecule has 21 heavy (non-hydrogen) atoms. The maximum absolute atomic E-state index is 12.1. The molecule has 5 nitrogen and oxygen atoms in total. The number of aryl methyl sites for hydroxylation is 1. The molecule has 0 radical (unpaired) electrons. The lowest BCUT2D eigenvalue weighted by molar-refractivity contribution is -0.145. The van der Waals surface area contributed by atoms with Crippen LogP contribution in [0, 0.1) is 0 Å². The van der Waals surface area contributed by atoms with Crippen molar-refractivity contribution in [2.45, 2.75) is 39.3 Å². The molecule has 2 N–H and O–H groups in total. The standard InChI is InChI=1S/C16H20N2O3/c1-4-18-10-11(12-7-5-6-8-13(12)18)9-14(19)17-16(2,3)15(20)21/h5-8,10H,4,9H2,1-3H3,(H,17,19)(H,20,21). The van der Waals surface area contributed by atoms with Crippen LogP contribution in [0.15, 0.2) is 30.5 Å². The Bertz CT molecular complexity index is 686. The molecule has 0 aliphatic carbocycles. The zero-order valence-electron chi connectivity index (χ0n) is 12.5. The highest BCUT2D eigenvalue weighted by Crippen LogP contribution is 2.22. The van der Waals surface area contributed by atoms with E-state index in [0.717, 1.165) is 23.0 Å². The van der Waals surface area contributed by atoms with Crippen LogP contribution in [-0.4, -0.2) is 27.1 Å². The van der Waals surface area contributed by atoms with Gasteiger partial charge in [-0.25, -0.2) is 4.79 Å². The predicted molar refractivity (Wildman–Crippen MR) is 81.2 cm³/mol. The van der Waals surface area contributed by atoms with E-state index in [2.05, 4.69) is 9.88 Å². The second kappa shape index (κ2) is 5.60. The Morgan fingerprint density at radius 3 is 2.57 bits per heavy atom. The first kappa shape index (κ1) is 15.1. The monoisotopic (exact) mass is 288 g/mol. The van der Waals surface area contributed by atoms with Crippen LogP contribution in [0.5, 0.6) is 0 Å². The first-order valence-electron chi connectivity index (χ1n) is 6.96. The number of nitrogens with zero attached hydrogens (tertiary/aromatic N) is 1. The first-order chi connectivity index (χ1) is 9.85. The number of aromatic nitrogens is 1. The van der Waals surface area contributed by atoms with Crippen molar-refractivity contribution < 1.29 is 14.7 Å². The molecule has 0 bridgehead atoms. The van der Waals surface area contributed by atoms with Crippen LogP contribution in [0.4, 0.5) is 0 Å². The maximum Gasteiger partial charge on any atom is 0.328 e. The average molecular weight is 288 g/mol. The molecule has 1 amide bonds. The number of fused-ring (bicyclic) bond motifs is 1. The summed E-state index contributed by atoms with van der Waals surface area (Å²) < 4.78 is 2.08. The fourth-order valence-corrected chi connectivity index (χ4v) is 2.34. The molecular weight excluding hydrogens is 268 g/mol. The average Bonchev–Trinajstić information content (AvgIpc) is 2.76. The summed E-state index contributed by atoms with van der Waals surface area (Å²) in [5, 5.41) is 12.6. The molecule has 0 unspecified atom stereocenters. The van der Waals surface area contributed by atoms with Gasteiger partial charge in [-0.3, -0.25) is 4.79 Å². The summed E-state index contributed by atoms with van der Waals surface area (Å²) in [6.07, 6.45) is 2.13. The Morgan fingerprint density at radius 1 is 1.29 bits per heavy atom. The van der Waals surface area contributed by atoms with Crippen molar-refractivity contribution in [2.24, 2.45) is 0 Å². The summed E-state index contributed by atoms with van der Waals surface area (Å²) in [5.74, 6) is -1.34. The number of hydrogen-bond donors (Lipinski definition) is 2. The molecule has 1 heterocycles. The number of hydrogen-bond acceptors (Lipinski definition) is 2. The highest BCUT2D eigenvalue weighted by molar-refractivity contribution is 5.91. The number of para-hydroxylation sites is 1. The van der Waals surface area contributed by atoms with Crippen LogP contribution in [-0.2, 0) is 22.6 Å². The number of carbonyl (C=O) groups is 2. The van der Waals surface area contributed by atoms with Gasteiger partial charge in [-0.15, -0.1) is 0 Å². The molecule has 0 aliphatic heterocycles. The molecule has 0 fully saturated rings. The third-order valence-corrected chi connectivity index (χ3v) is 3.55. The van der Waals surface area contributed by atoms with Crippen LogP contribution in [0.1, 0.15) is 26.3 Å². The quantitative estimate of drug-likeness (QED) is 0.886. The summed E-state index contributed by atoms with van der Waals surface area (Å²) in [4.78, 5) is 23.1. The van der Waals surface area contributed by atoms with Crippen molar-refractivity contribution in [3.8, 4) is 0 Å². The third kappa shape index (κ3) is 3.07. The van der Waals surface area contributed by atoms with E-state index in [1.165, 1.54) is 13.8 Å². The number of aliphatic carboxylic acids is 1. The molecule has 0 saturated carbocycles. The van der Waals surface area contributed by atoms with Crippen molar-refractivity contribution in [3.05, 3.63) is 36.0 Å². The van der Waals surface area contributed by atoms with E-state index >= 15 is 0 Å². The smallest absolute Gasteiger partial charge is 0.328 e. The molecule has 0 spiro atoms. The number of carboxylic acid groups (broad SMARTS) is 1. The first-order valence-corrected chi connectivity index (χ1v) is 6.96. The number of carboxylic acids is 1. The summed E-state index contributed by atoms with van der Waals surface area (Å²) in [6.45, 7) is 5.82. The lowest BCUT2D eigenvalue weighted by Crippen LogP contribution is -2.50. The van der Waals surface area contributed by atoms with Gasteiger partial charge in [0.25, 0.3) is 0 Å². The van der Waals surface area contributed by atoms with Crippen LogP contribution < -0.4 is 5.32 Å². The van der Waals surface area contributed by atoms with Crippen molar-refractivity contribution >= 4 is 22.8 Å². The zero-order chi connectivity index (χ0) is 15.6. The summed E-state index contributed by atoms with van der Waals surface area (Å²) in [6, 6.07) is 7.89. The lowest BCUT2D eigenvalue weighted by Gasteiger charge is -2.20. The largest absolute Gasteiger partial charge is 0.480 e. The van der Waals surface area contributed by atoms with Crippen molar-refractivity contribution in [1.82, 2.24) is 9.88 Å². The van der Waals surface area contributed by atoms with E-state index in [4.69, 9.17) is 5.11 Å². The minimum Gasteiger partial charge on any atom is -0.480 e. The Kier molecular flexibility index (Phi) is 4.02. The van der Waals surface area contributed by atoms with E-state index in [-0.39, 0.29) is 12.3 Å². The Hall–Kier alpha value is -2.30. The van der Waals surface area contributed by atoms with Gasteiger partial charge in [-0.05, 0) is 32.4 Å². The maximum atomic E-state index is 12.1. The van der Waals surface area contributed by atoms with Crippen LogP contribution in [0.25, 0.3) is 10.9 Å². The lowest BCUT2D eigenvalue weighted by atomic mass is 10.0. The van der Waals surface area contributed by atoms with Gasteiger partial charge in [0.2, 0.25) is 5.91 Å². The van der Waals surface area contributed by atoms with Gasteiger partial charge in [0.15, 0.2) is 0 Å². The topological polar surface area (TPSA) is 71.3 Å². The number of rotatable bonds is 5. The molecule has 0 aliphatic rings.